The summed E-state index contributed by atoms with van der Waals surface area (Å²) in [6.07, 6.45) is 1.53. The van der Waals surface area contributed by atoms with Gasteiger partial charge in [-0.3, -0.25) is 0 Å². The normalized spacial score (nSPS) is 10.7. The van der Waals surface area contributed by atoms with E-state index in [1.807, 2.05) is 12.1 Å². The molecule has 20 heavy (non-hydrogen) atoms. The van der Waals surface area contributed by atoms with Gasteiger partial charge in [-0.15, -0.1) is 0 Å². The molecule has 0 spiro atoms. The molecule has 0 unspecified atom stereocenters. The van der Waals surface area contributed by atoms with E-state index in [2.05, 4.69) is 9.97 Å². The summed E-state index contributed by atoms with van der Waals surface area (Å²) in [7, 11) is 1.34. The van der Waals surface area contributed by atoms with Crippen LogP contribution in [0.3, 0.4) is 0 Å². The molecule has 100 valence electrons. The molecule has 1 aromatic heterocycles. The van der Waals surface area contributed by atoms with Crippen molar-refractivity contribution in [3.05, 3.63) is 48.3 Å². The molecule has 3 aromatic rings. The highest BCUT2D eigenvalue weighted by Crippen LogP contribution is 2.34. The van der Waals surface area contributed by atoms with Gasteiger partial charge in [0.1, 0.15) is 5.52 Å². The van der Waals surface area contributed by atoms with Crippen molar-refractivity contribution >= 4 is 17.0 Å². The van der Waals surface area contributed by atoms with E-state index >= 15 is 0 Å². The number of phenolic OH excluding ortho intramolecular Hbond substituents is 1. The number of imidazole rings is 1. The molecule has 0 saturated heterocycles. The third kappa shape index (κ3) is 1.89. The van der Waals surface area contributed by atoms with E-state index in [-0.39, 0.29) is 5.75 Å². The fourth-order valence-electron chi connectivity index (χ4n) is 2.16. The Morgan fingerprint density at radius 2 is 2.15 bits per heavy atom. The molecule has 0 radical (unpaired) electrons. The number of fused-ring (bicyclic) bond motifs is 1. The number of aromatic amines is 1. The minimum atomic E-state index is -0.410. The number of phenols is 1. The lowest BCUT2D eigenvalue weighted by molar-refractivity contribution is 0.0601. The van der Waals surface area contributed by atoms with E-state index in [0.717, 1.165) is 11.1 Å². The lowest BCUT2D eigenvalue weighted by atomic mass is 10.0. The van der Waals surface area contributed by atoms with Gasteiger partial charge in [-0.25, -0.2) is 9.78 Å². The number of carbonyl (C=O) groups excluding carboxylic acids is 1. The van der Waals surface area contributed by atoms with Crippen LogP contribution in [0, 0.1) is 0 Å². The topological polar surface area (TPSA) is 75.2 Å². The molecule has 0 aliphatic rings. The number of carbonyl (C=O) groups is 1. The molecule has 0 bridgehead atoms. The van der Waals surface area contributed by atoms with Gasteiger partial charge in [0.05, 0.1) is 24.5 Å². The number of methoxy groups -OCH3 is 1. The van der Waals surface area contributed by atoms with E-state index in [1.165, 1.54) is 13.4 Å². The van der Waals surface area contributed by atoms with Crippen LogP contribution in [0.1, 0.15) is 10.4 Å². The average molecular weight is 268 g/mol. The van der Waals surface area contributed by atoms with Crippen LogP contribution in [0.15, 0.2) is 42.7 Å². The first kappa shape index (κ1) is 12.2. The van der Waals surface area contributed by atoms with Gasteiger partial charge in [0, 0.05) is 5.56 Å². The second kappa shape index (κ2) is 4.70. The van der Waals surface area contributed by atoms with Gasteiger partial charge in [0.15, 0.2) is 5.75 Å². The number of ether oxygens (including phenoxy) is 1. The summed E-state index contributed by atoms with van der Waals surface area (Å²) in [4.78, 5) is 18.6. The monoisotopic (exact) mass is 268 g/mol. The molecule has 0 saturated carbocycles. The first-order valence-electron chi connectivity index (χ1n) is 6.04. The number of aromatic hydroxyl groups is 1. The molecule has 0 fully saturated rings. The number of nitrogens with zero attached hydrogens (tertiary/aromatic N) is 1. The minimum Gasteiger partial charge on any atom is -0.505 e. The summed E-state index contributed by atoms with van der Waals surface area (Å²) in [5.41, 5.74) is 3.05. The fourth-order valence-corrected chi connectivity index (χ4v) is 2.16. The Bertz CT molecular complexity index is 793. The molecular formula is C15H12N2O3. The zero-order valence-electron chi connectivity index (χ0n) is 10.8. The van der Waals surface area contributed by atoms with Crippen LogP contribution in [0.5, 0.6) is 5.75 Å². The SMILES string of the molecule is COC(=O)c1cccc(-c2ccc3[nH]cnc3c2O)c1. The Labute approximate surface area is 114 Å². The molecule has 5 heteroatoms. The van der Waals surface area contributed by atoms with Gasteiger partial charge in [-0.05, 0) is 29.8 Å². The smallest absolute Gasteiger partial charge is 0.337 e. The maximum Gasteiger partial charge on any atom is 0.337 e. The third-order valence-electron chi connectivity index (χ3n) is 3.16. The van der Waals surface area contributed by atoms with E-state index in [4.69, 9.17) is 4.74 Å². The highest BCUT2D eigenvalue weighted by molar-refractivity contribution is 5.93. The predicted octanol–water partition coefficient (Wildman–Crippen LogP) is 2.72. The van der Waals surface area contributed by atoms with Crippen LogP contribution in [0.4, 0.5) is 0 Å². The first-order valence-corrected chi connectivity index (χ1v) is 6.04. The summed E-state index contributed by atoms with van der Waals surface area (Å²) in [5, 5.41) is 10.3. The minimum absolute atomic E-state index is 0.0887. The second-order valence-electron chi connectivity index (χ2n) is 4.33. The highest BCUT2D eigenvalue weighted by Gasteiger charge is 2.12. The quantitative estimate of drug-likeness (QED) is 0.701. The van der Waals surface area contributed by atoms with Crippen LogP contribution in [-0.4, -0.2) is 28.2 Å². The van der Waals surface area contributed by atoms with Crippen molar-refractivity contribution in [2.24, 2.45) is 0 Å². The first-order chi connectivity index (χ1) is 9.70. The molecule has 0 aliphatic heterocycles. The summed E-state index contributed by atoms with van der Waals surface area (Å²) in [5.74, 6) is -0.321. The van der Waals surface area contributed by atoms with Gasteiger partial charge in [-0.2, -0.15) is 0 Å². The fraction of sp³-hybridized carbons (Fsp3) is 0.0667. The zero-order valence-corrected chi connectivity index (χ0v) is 10.8. The number of benzene rings is 2. The van der Waals surface area contributed by atoms with Crippen molar-refractivity contribution in [2.45, 2.75) is 0 Å². The average Bonchev–Trinajstić information content (AvgIpc) is 2.96. The largest absolute Gasteiger partial charge is 0.505 e. The second-order valence-corrected chi connectivity index (χ2v) is 4.33. The van der Waals surface area contributed by atoms with Crippen LogP contribution in [0.25, 0.3) is 22.2 Å². The molecule has 5 nitrogen and oxygen atoms in total. The Hall–Kier alpha value is -2.82. The Morgan fingerprint density at radius 1 is 1.30 bits per heavy atom. The molecule has 0 atom stereocenters. The molecule has 2 N–H and O–H groups in total. The Balaban J connectivity index is 2.15. The summed E-state index contributed by atoms with van der Waals surface area (Å²) in [6, 6.07) is 10.5. The molecule has 1 heterocycles. The van der Waals surface area contributed by atoms with E-state index in [1.54, 1.807) is 24.3 Å². The van der Waals surface area contributed by atoms with Gasteiger partial charge < -0.3 is 14.8 Å². The molecule has 3 rings (SSSR count). The lowest BCUT2D eigenvalue weighted by Gasteiger charge is -2.07. The summed E-state index contributed by atoms with van der Waals surface area (Å²) < 4.78 is 4.70. The standard InChI is InChI=1S/C15H12N2O3/c1-20-15(19)10-4-2-3-9(7-10)11-5-6-12-13(14(11)18)17-8-16-12/h2-8,18H,1H3,(H,16,17). The molecule has 0 amide bonds. The number of nitrogens with one attached hydrogen (secondary N) is 1. The van der Waals surface area contributed by atoms with Gasteiger partial charge in [-0.1, -0.05) is 12.1 Å². The predicted molar refractivity (Wildman–Crippen MR) is 74.5 cm³/mol. The summed E-state index contributed by atoms with van der Waals surface area (Å²) >= 11 is 0. The van der Waals surface area contributed by atoms with Crippen molar-refractivity contribution in [2.75, 3.05) is 7.11 Å². The number of hydrogen-bond acceptors (Lipinski definition) is 4. The Morgan fingerprint density at radius 3 is 2.95 bits per heavy atom. The maximum absolute atomic E-state index is 11.6. The van der Waals surface area contributed by atoms with Crippen molar-refractivity contribution in [1.82, 2.24) is 9.97 Å². The number of hydrogen-bond donors (Lipinski definition) is 2. The van der Waals surface area contributed by atoms with Crippen molar-refractivity contribution < 1.29 is 14.6 Å². The van der Waals surface area contributed by atoms with E-state index < -0.39 is 5.97 Å². The maximum atomic E-state index is 11.6. The lowest BCUT2D eigenvalue weighted by Crippen LogP contribution is -2.00. The van der Waals surface area contributed by atoms with Crippen molar-refractivity contribution in [3.63, 3.8) is 0 Å². The number of H-pyrrole nitrogens is 1. The van der Waals surface area contributed by atoms with Crippen LogP contribution in [0.2, 0.25) is 0 Å². The molecule has 0 aliphatic carbocycles. The summed E-state index contributed by atoms with van der Waals surface area (Å²) in [6.45, 7) is 0. The van der Waals surface area contributed by atoms with Crippen molar-refractivity contribution in [1.29, 1.82) is 0 Å². The van der Waals surface area contributed by atoms with Crippen LogP contribution < -0.4 is 0 Å². The highest BCUT2D eigenvalue weighted by atomic mass is 16.5. The van der Waals surface area contributed by atoms with Gasteiger partial charge in [0.25, 0.3) is 0 Å². The molecular weight excluding hydrogens is 256 g/mol. The zero-order chi connectivity index (χ0) is 14.1. The van der Waals surface area contributed by atoms with Crippen LogP contribution in [-0.2, 0) is 4.74 Å². The van der Waals surface area contributed by atoms with Crippen molar-refractivity contribution in [3.8, 4) is 16.9 Å². The van der Waals surface area contributed by atoms with Crippen LogP contribution >= 0.6 is 0 Å². The Kier molecular flexibility index (Phi) is 2.87. The number of rotatable bonds is 2. The number of esters is 1. The molecule has 2 aromatic carbocycles. The van der Waals surface area contributed by atoms with Gasteiger partial charge >= 0.3 is 5.97 Å². The van der Waals surface area contributed by atoms with Gasteiger partial charge in [0.2, 0.25) is 0 Å². The third-order valence-corrected chi connectivity index (χ3v) is 3.16. The van der Waals surface area contributed by atoms with E-state index in [0.29, 0.717) is 16.6 Å². The van der Waals surface area contributed by atoms with E-state index in [9.17, 15) is 9.90 Å². The number of aromatic nitrogens is 2.